The third-order valence-electron chi connectivity index (χ3n) is 7.71. The Morgan fingerprint density at radius 1 is 0.807 bits per heavy atom. The number of ether oxygens (including phenoxy) is 2. The Kier molecular flexibility index (Phi) is 12.8. The molecular formula is C36H38Cl2N10O7S2. The number of rotatable bonds is 9. The number of carbonyl (C=O) groups is 3. The molecule has 6 aromatic rings. The molecule has 0 aliphatic carbocycles. The highest BCUT2D eigenvalue weighted by atomic mass is 35.5. The molecule has 0 fully saturated rings. The number of H-pyrrole nitrogens is 2. The fraction of sp³-hybridized carbons (Fsp3) is 0.333. The maximum atomic E-state index is 12.5. The van der Waals surface area contributed by atoms with Gasteiger partial charge in [0.05, 0.1) is 49.4 Å². The Morgan fingerprint density at radius 3 is 1.67 bits per heavy atom. The monoisotopic (exact) mass is 856 g/mol. The summed E-state index contributed by atoms with van der Waals surface area (Å²) in [4.78, 5) is 75.7. The van der Waals surface area contributed by atoms with Gasteiger partial charge >= 0.3 is 12.2 Å². The molecule has 300 valence electrons. The van der Waals surface area contributed by atoms with Crippen LogP contribution in [0.15, 0.2) is 45.1 Å². The Bertz CT molecular complexity index is 2640. The smallest absolute Gasteiger partial charge is 0.407 e. The van der Waals surface area contributed by atoms with Crippen LogP contribution in [-0.4, -0.2) is 71.5 Å². The van der Waals surface area contributed by atoms with Crippen LogP contribution >= 0.6 is 45.9 Å². The van der Waals surface area contributed by atoms with Crippen LogP contribution in [0.3, 0.4) is 0 Å². The summed E-state index contributed by atoms with van der Waals surface area (Å²) in [5, 5.41) is 19.5. The van der Waals surface area contributed by atoms with Gasteiger partial charge in [0.25, 0.3) is 17.0 Å². The fourth-order valence-electron chi connectivity index (χ4n) is 5.72. The van der Waals surface area contributed by atoms with E-state index >= 15 is 0 Å². The first kappa shape index (κ1) is 42.5. The molecule has 0 unspecified atom stereocenters. The molecule has 21 heteroatoms. The summed E-state index contributed by atoms with van der Waals surface area (Å²) >= 11 is 15.3. The lowest BCUT2D eigenvalue weighted by atomic mass is 10.2. The van der Waals surface area contributed by atoms with Crippen LogP contribution in [0, 0.1) is 11.3 Å². The van der Waals surface area contributed by atoms with E-state index < -0.39 is 34.9 Å². The summed E-state index contributed by atoms with van der Waals surface area (Å²) in [5.74, 6) is -0.730. The van der Waals surface area contributed by atoms with Gasteiger partial charge in [0.2, 0.25) is 0 Å². The van der Waals surface area contributed by atoms with Crippen LogP contribution in [0.5, 0.6) is 0 Å². The van der Waals surface area contributed by atoms with E-state index in [1.165, 1.54) is 35.3 Å². The lowest BCUT2D eigenvalue weighted by molar-refractivity contribution is 0.0514. The van der Waals surface area contributed by atoms with Crippen molar-refractivity contribution >= 4 is 86.0 Å². The molecule has 0 spiro atoms. The third-order valence-corrected chi connectivity index (χ3v) is 10.4. The standard InChI is InChI=1S/C18H20ClN5O4S.C18H18ClN5O3S/c1-18(2,3)28-17(27)21-5-6-24-12(14-9(19)4-7-29-14)10(15(20)25)11-13(24)16(26)23-8-22-11;1-18(2,3)27-17(26)21-5-6-24-13(15-11(19)4-7-28-15)10(8-20)12-14(24)16(25)23-9-22-12/h4,7-8H,5-6H2,1-3H3,(H2,20,25)(H,21,27)(H,22,23,26);4,7,9H,5-6H2,1-3H3,(H,21,26)(H,22,23,25). The molecule has 17 nitrogen and oxygen atoms in total. The molecule has 6 rings (SSSR count). The average molecular weight is 858 g/mol. The van der Waals surface area contributed by atoms with Crippen LogP contribution in [0.4, 0.5) is 9.59 Å². The van der Waals surface area contributed by atoms with Gasteiger partial charge in [-0.1, -0.05) is 23.2 Å². The number of alkyl carbamates (subject to hydrolysis) is 2. The first-order valence-corrected chi connectivity index (χ1v) is 19.6. The van der Waals surface area contributed by atoms with Gasteiger partial charge in [0.1, 0.15) is 44.9 Å². The van der Waals surface area contributed by atoms with Crippen LogP contribution in [-0.2, 0) is 22.6 Å². The van der Waals surface area contributed by atoms with E-state index in [1.807, 2.05) is 0 Å². The van der Waals surface area contributed by atoms with Crippen LogP contribution in [0.1, 0.15) is 57.5 Å². The maximum Gasteiger partial charge on any atom is 0.407 e. The quantitative estimate of drug-likeness (QED) is 0.110. The number of carbonyl (C=O) groups excluding carboxylic acids is 3. The molecule has 0 aromatic carbocycles. The summed E-state index contributed by atoms with van der Waals surface area (Å²) in [6, 6.07) is 5.54. The molecule has 57 heavy (non-hydrogen) atoms. The van der Waals surface area contributed by atoms with Crippen molar-refractivity contribution in [2.45, 2.75) is 65.8 Å². The second-order valence-electron chi connectivity index (χ2n) is 14.1. The number of thiophene rings is 2. The Hall–Kier alpha value is -5.68. The van der Waals surface area contributed by atoms with Crippen molar-refractivity contribution in [1.82, 2.24) is 39.7 Å². The molecule has 0 saturated carbocycles. The largest absolute Gasteiger partial charge is 0.444 e. The summed E-state index contributed by atoms with van der Waals surface area (Å²) in [6.07, 6.45) is 1.31. The lowest BCUT2D eigenvalue weighted by Gasteiger charge is -2.20. The number of nitrogens with one attached hydrogen (secondary N) is 4. The minimum absolute atomic E-state index is 0.104. The number of primary amides is 1. The van der Waals surface area contributed by atoms with Gasteiger partial charge < -0.3 is 44.9 Å². The van der Waals surface area contributed by atoms with E-state index in [9.17, 15) is 29.2 Å². The van der Waals surface area contributed by atoms with E-state index in [2.05, 4.69) is 36.6 Å². The van der Waals surface area contributed by atoms with Gasteiger partial charge in [-0.15, -0.1) is 22.7 Å². The SMILES string of the molecule is CC(C)(C)OC(=O)NCCn1c(-c2sccc2Cl)c(C#N)c2nc[nH]c(=O)c21.CC(C)(C)OC(=O)NCCn1c(-c2sccc2Cl)c(C(N)=O)c2nc[nH]c(=O)c21. The van der Waals surface area contributed by atoms with Gasteiger partial charge in [-0.3, -0.25) is 14.4 Å². The van der Waals surface area contributed by atoms with Crippen molar-refractivity contribution in [3.05, 3.63) is 77.4 Å². The second kappa shape index (κ2) is 17.2. The molecule has 6 N–H and O–H groups in total. The molecule has 6 heterocycles. The van der Waals surface area contributed by atoms with Gasteiger partial charge in [-0.05, 0) is 64.4 Å². The summed E-state index contributed by atoms with van der Waals surface area (Å²) < 4.78 is 13.7. The highest BCUT2D eigenvalue weighted by Crippen LogP contribution is 2.40. The third kappa shape index (κ3) is 9.65. The molecule has 0 bridgehead atoms. The van der Waals surface area contributed by atoms with Crippen molar-refractivity contribution in [2.75, 3.05) is 13.1 Å². The first-order valence-electron chi connectivity index (χ1n) is 17.1. The Morgan fingerprint density at radius 2 is 1.25 bits per heavy atom. The Labute approximate surface area is 342 Å². The minimum atomic E-state index is -0.730. The number of nitrogens with two attached hydrogens (primary N) is 1. The average Bonchev–Trinajstić information content (AvgIpc) is 3.87. The summed E-state index contributed by atoms with van der Waals surface area (Å²) in [7, 11) is 0. The van der Waals surface area contributed by atoms with E-state index in [-0.39, 0.29) is 59.4 Å². The lowest BCUT2D eigenvalue weighted by Crippen LogP contribution is -2.34. The summed E-state index contributed by atoms with van der Waals surface area (Å²) in [5.41, 5.74) is 5.71. The molecule has 0 saturated heterocycles. The molecule has 0 atom stereocenters. The van der Waals surface area contributed by atoms with E-state index in [0.29, 0.717) is 36.7 Å². The number of fused-ring (bicyclic) bond motifs is 2. The summed E-state index contributed by atoms with van der Waals surface area (Å²) in [6.45, 7) is 11.3. The predicted molar refractivity (Wildman–Crippen MR) is 219 cm³/mol. The first-order chi connectivity index (χ1) is 26.8. The zero-order chi connectivity index (χ0) is 41.8. The highest BCUT2D eigenvalue weighted by Gasteiger charge is 2.28. The Balaban J connectivity index is 0.000000218. The molecule has 6 aromatic heterocycles. The molecule has 0 aliphatic rings. The van der Waals surface area contributed by atoms with Crippen molar-refractivity contribution in [3.8, 4) is 27.2 Å². The van der Waals surface area contributed by atoms with Gasteiger partial charge in [-0.2, -0.15) is 5.26 Å². The fourth-order valence-corrected chi connectivity index (χ4v) is 8.13. The van der Waals surface area contributed by atoms with Gasteiger partial charge in [0.15, 0.2) is 0 Å². The minimum Gasteiger partial charge on any atom is -0.444 e. The van der Waals surface area contributed by atoms with E-state index in [1.54, 1.807) is 73.6 Å². The highest BCUT2D eigenvalue weighted by molar-refractivity contribution is 7.14. The molecule has 3 amide bonds. The topological polar surface area (TPSA) is 245 Å². The van der Waals surface area contributed by atoms with Crippen molar-refractivity contribution in [3.63, 3.8) is 0 Å². The van der Waals surface area contributed by atoms with Gasteiger partial charge in [0, 0.05) is 26.2 Å². The molecule has 0 radical (unpaired) electrons. The number of halogens is 2. The molecule has 0 aliphatic heterocycles. The number of nitriles is 1. The van der Waals surface area contributed by atoms with Crippen molar-refractivity contribution in [2.24, 2.45) is 5.73 Å². The predicted octanol–water partition coefficient (Wildman–Crippen LogP) is 6.23. The number of aromatic amines is 2. The second-order valence-corrected chi connectivity index (χ2v) is 16.8. The van der Waals surface area contributed by atoms with Crippen molar-refractivity contribution < 1.29 is 23.9 Å². The number of hydrogen-bond donors (Lipinski definition) is 5. The van der Waals surface area contributed by atoms with E-state index in [4.69, 9.17) is 38.4 Å². The normalized spacial score (nSPS) is 11.5. The van der Waals surface area contributed by atoms with Crippen LogP contribution in [0.2, 0.25) is 10.0 Å². The number of hydrogen-bond acceptors (Lipinski definition) is 12. The zero-order valence-corrected chi connectivity index (χ0v) is 34.7. The van der Waals surface area contributed by atoms with Gasteiger partial charge in [-0.25, -0.2) is 19.6 Å². The van der Waals surface area contributed by atoms with Crippen molar-refractivity contribution in [1.29, 1.82) is 5.26 Å². The number of nitrogens with zero attached hydrogens (tertiary/aromatic N) is 5. The van der Waals surface area contributed by atoms with Crippen LogP contribution < -0.4 is 27.5 Å². The van der Waals surface area contributed by atoms with Crippen LogP contribution in [0.25, 0.3) is 43.2 Å². The molecular weight excluding hydrogens is 819 g/mol. The number of amides is 3. The number of aromatic nitrogens is 6. The zero-order valence-electron chi connectivity index (χ0n) is 31.5. The van der Waals surface area contributed by atoms with E-state index in [0.717, 1.165) is 0 Å². The maximum absolute atomic E-state index is 12.5.